The highest BCUT2D eigenvalue weighted by Gasteiger charge is 2.53. The van der Waals surface area contributed by atoms with Crippen LogP contribution in [0.3, 0.4) is 0 Å². The van der Waals surface area contributed by atoms with E-state index in [0.717, 1.165) is 48.1 Å². The molecule has 2 amide bonds. The first-order chi connectivity index (χ1) is 20.1. The molecule has 0 bridgehead atoms. The van der Waals surface area contributed by atoms with Crippen molar-refractivity contribution in [2.75, 3.05) is 32.8 Å². The number of hydrogen-bond donors (Lipinski definition) is 2. The Kier molecular flexibility index (Phi) is 8.16. The molecule has 7 nitrogen and oxygen atoms in total. The van der Waals surface area contributed by atoms with Crippen LogP contribution in [0.2, 0.25) is 0 Å². The van der Waals surface area contributed by atoms with Crippen molar-refractivity contribution >= 4 is 22.7 Å². The van der Waals surface area contributed by atoms with Gasteiger partial charge in [0.15, 0.2) is 0 Å². The quantitative estimate of drug-likeness (QED) is 0.308. The molecule has 2 saturated heterocycles. The van der Waals surface area contributed by atoms with Crippen LogP contribution in [-0.2, 0) is 33.8 Å². The van der Waals surface area contributed by atoms with Gasteiger partial charge in [-0.2, -0.15) is 0 Å². The summed E-state index contributed by atoms with van der Waals surface area (Å²) in [4.78, 5) is 35.5. The fourth-order valence-electron chi connectivity index (χ4n) is 6.33. The third-order valence-corrected chi connectivity index (χ3v) is 8.73. The Labute approximate surface area is 241 Å². The molecule has 2 fully saturated rings. The van der Waals surface area contributed by atoms with Crippen LogP contribution < -0.4 is 5.32 Å². The van der Waals surface area contributed by atoms with E-state index in [2.05, 4.69) is 51.6 Å². The zero-order chi connectivity index (χ0) is 28.1. The number of amides is 2. The Morgan fingerprint density at radius 3 is 2.24 bits per heavy atom. The first-order valence-electron chi connectivity index (χ1n) is 14.7. The fraction of sp³-hybridized carbons (Fsp3) is 0.353. The third kappa shape index (κ3) is 5.92. The maximum atomic E-state index is 14.0. The summed E-state index contributed by atoms with van der Waals surface area (Å²) in [6.07, 6.45) is 4.94. The van der Waals surface area contributed by atoms with Gasteiger partial charge < -0.3 is 24.8 Å². The number of ether oxygens (including phenoxy) is 1. The Balaban J connectivity index is 1.16. The maximum absolute atomic E-state index is 14.0. The molecule has 1 atom stereocenters. The molecule has 1 unspecified atom stereocenters. The van der Waals surface area contributed by atoms with E-state index in [-0.39, 0.29) is 18.4 Å². The van der Waals surface area contributed by atoms with Crippen molar-refractivity contribution in [1.82, 2.24) is 20.1 Å². The van der Waals surface area contributed by atoms with Gasteiger partial charge >= 0.3 is 0 Å². The van der Waals surface area contributed by atoms with Crippen molar-refractivity contribution in [2.45, 2.75) is 43.9 Å². The topological polar surface area (TPSA) is 77.7 Å². The molecular formula is C34H38N4O3. The van der Waals surface area contributed by atoms with Gasteiger partial charge in [0, 0.05) is 43.3 Å². The summed E-state index contributed by atoms with van der Waals surface area (Å²) >= 11 is 0. The minimum absolute atomic E-state index is 0.0461. The lowest BCUT2D eigenvalue weighted by atomic mass is 9.81. The van der Waals surface area contributed by atoms with Crippen molar-refractivity contribution in [3.05, 3.63) is 108 Å². The molecule has 0 aliphatic carbocycles. The number of nitrogens with zero attached hydrogens (tertiary/aromatic N) is 2. The first-order valence-corrected chi connectivity index (χ1v) is 14.7. The molecule has 0 radical (unpaired) electrons. The Hall–Kier alpha value is -3.94. The van der Waals surface area contributed by atoms with E-state index in [1.807, 2.05) is 59.6 Å². The molecule has 212 valence electrons. The molecule has 6 rings (SSSR count). The molecule has 2 aliphatic heterocycles. The Bertz CT molecular complexity index is 1460. The number of rotatable bonds is 10. The summed E-state index contributed by atoms with van der Waals surface area (Å²) in [5.41, 5.74) is 3.77. The highest BCUT2D eigenvalue weighted by Crippen LogP contribution is 2.34. The molecule has 1 aromatic heterocycles. The van der Waals surface area contributed by atoms with Gasteiger partial charge in [0.1, 0.15) is 11.6 Å². The van der Waals surface area contributed by atoms with E-state index in [9.17, 15) is 9.59 Å². The number of para-hydroxylation sites is 1. The molecule has 4 aromatic rings. The second-order valence-electron chi connectivity index (χ2n) is 11.2. The maximum Gasteiger partial charge on any atom is 0.248 e. The average Bonchev–Trinajstić information content (AvgIpc) is 3.43. The average molecular weight is 551 g/mol. The zero-order valence-electron chi connectivity index (χ0n) is 23.4. The number of carbonyl (C=O) groups excluding carboxylic acids is 2. The van der Waals surface area contributed by atoms with Gasteiger partial charge in [0.2, 0.25) is 11.8 Å². The van der Waals surface area contributed by atoms with E-state index in [1.54, 1.807) is 0 Å². The molecule has 2 N–H and O–H groups in total. The third-order valence-electron chi connectivity index (χ3n) is 8.73. The van der Waals surface area contributed by atoms with Crippen LogP contribution >= 0.6 is 0 Å². The lowest BCUT2D eigenvalue weighted by Crippen LogP contribution is -2.73. The Morgan fingerprint density at radius 2 is 1.49 bits per heavy atom. The van der Waals surface area contributed by atoms with Crippen molar-refractivity contribution < 1.29 is 14.3 Å². The second kappa shape index (κ2) is 12.3. The monoisotopic (exact) mass is 550 g/mol. The Morgan fingerprint density at radius 1 is 0.805 bits per heavy atom. The summed E-state index contributed by atoms with van der Waals surface area (Å²) in [7, 11) is 0. The van der Waals surface area contributed by atoms with Gasteiger partial charge in [-0.3, -0.25) is 9.59 Å². The predicted molar refractivity (Wildman–Crippen MR) is 160 cm³/mol. The summed E-state index contributed by atoms with van der Waals surface area (Å²) in [6, 6.07) is 27.9. The number of fused-ring (bicyclic) bond motifs is 1. The van der Waals surface area contributed by atoms with Crippen molar-refractivity contribution in [3.63, 3.8) is 0 Å². The van der Waals surface area contributed by atoms with Gasteiger partial charge in [0.25, 0.3) is 0 Å². The standard InChI is InChI=1S/C34H38N4O3/c39-32-31(25-41-24-27-11-5-2-6-12-27)36-33(40)34(17-21-37(22-18-34)19-15-26-9-3-1-4-10-26)38(32)20-16-28-23-35-30-14-8-7-13-29(28)30/h1-14,23,31,35H,15-22,24-25H2,(H,36,40). The van der Waals surface area contributed by atoms with E-state index in [4.69, 9.17) is 4.74 Å². The van der Waals surface area contributed by atoms with Crippen LogP contribution in [-0.4, -0.2) is 71.0 Å². The van der Waals surface area contributed by atoms with Gasteiger partial charge in [-0.05, 0) is 48.4 Å². The van der Waals surface area contributed by atoms with E-state index in [0.29, 0.717) is 32.4 Å². The number of benzene rings is 3. The van der Waals surface area contributed by atoms with Crippen molar-refractivity contribution in [3.8, 4) is 0 Å². The fourth-order valence-corrected chi connectivity index (χ4v) is 6.33. The van der Waals surface area contributed by atoms with Gasteiger partial charge in [0.05, 0.1) is 13.2 Å². The first kappa shape index (κ1) is 27.2. The minimum Gasteiger partial charge on any atom is -0.374 e. The smallest absolute Gasteiger partial charge is 0.248 e. The molecule has 7 heteroatoms. The molecule has 41 heavy (non-hydrogen) atoms. The van der Waals surface area contributed by atoms with Crippen LogP contribution in [0.5, 0.6) is 0 Å². The number of aromatic amines is 1. The van der Waals surface area contributed by atoms with Gasteiger partial charge in [-0.15, -0.1) is 0 Å². The van der Waals surface area contributed by atoms with Crippen LogP contribution in [0.25, 0.3) is 10.9 Å². The highest BCUT2D eigenvalue weighted by molar-refractivity contribution is 6.00. The van der Waals surface area contributed by atoms with Crippen LogP contribution in [0.4, 0.5) is 0 Å². The predicted octanol–water partition coefficient (Wildman–Crippen LogP) is 4.33. The number of H-pyrrole nitrogens is 1. The molecule has 1 spiro atoms. The van der Waals surface area contributed by atoms with Gasteiger partial charge in [-0.1, -0.05) is 78.9 Å². The largest absolute Gasteiger partial charge is 0.374 e. The van der Waals surface area contributed by atoms with E-state index >= 15 is 0 Å². The van der Waals surface area contributed by atoms with E-state index < -0.39 is 11.6 Å². The number of likely N-dealkylation sites (tertiary alicyclic amines) is 1. The lowest BCUT2D eigenvalue weighted by Gasteiger charge is -2.51. The number of piperidine rings is 1. The number of hydrogen-bond acceptors (Lipinski definition) is 4. The van der Waals surface area contributed by atoms with Crippen LogP contribution in [0, 0.1) is 0 Å². The zero-order valence-corrected chi connectivity index (χ0v) is 23.4. The number of nitrogens with one attached hydrogen (secondary N) is 2. The van der Waals surface area contributed by atoms with Crippen LogP contribution in [0.1, 0.15) is 29.5 Å². The summed E-state index contributed by atoms with van der Waals surface area (Å²) in [6.45, 7) is 3.56. The summed E-state index contributed by atoms with van der Waals surface area (Å²) < 4.78 is 5.93. The van der Waals surface area contributed by atoms with Crippen molar-refractivity contribution in [1.29, 1.82) is 0 Å². The number of aromatic nitrogens is 1. The number of carbonyl (C=O) groups is 2. The summed E-state index contributed by atoms with van der Waals surface area (Å²) in [5.74, 6) is -0.0951. The molecule has 3 aromatic carbocycles. The minimum atomic E-state index is -0.831. The molecule has 2 aliphatic rings. The summed E-state index contributed by atoms with van der Waals surface area (Å²) in [5, 5.41) is 4.22. The SMILES string of the molecule is O=C1C(COCc2ccccc2)NC(=O)C2(CCN(CCc3ccccc3)CC2)N1CCc1c[nH]c2ccccc12. The molecular weight excluding hydrogens is 512 g/mol. The van der Waals surface area contributed by atoms with Crippen molar-refractivity contribution in [2.24, 2.45) is 0 Å². The highest BCUT2D eigenvalue weighted by atomic mass is 16.5. The lowest BCUT2D eigenvalue weighted by molar-refractivity contribution is -0.163. The van der Waals surface area contributed by atoms with E-state index in [1.165, 1.54) is 5.56 Å². The second-order valence-corrected chi connectivity index (χ2v) is 11.2. The molecule has 3 heterocycles. The van der Waals surface area contributed by atoms with Gasteiger partial charge in [-0.25, -0.2) is 0 Å². The van der Waals surface area contributed by atoms with Crippen LogP contribution in [0.15, 0.2) is 91.1 Å². The number of piperazine rings is 1. The normalized spacial score (nSPS) is 19.1. The molecule has 0 saturated carbocycles.